The van der Waals surface area contributed by atoms with Crippen molar-refractivity contribution in [3.05, 3.63) is 71.8 Å². The predicted molar refractivity (Wildman–Crippen MR) is 125 cm³/mol. The summed E-state index contributed by atoms with van der Waals surface area (Å²) in [6.45, 7) is 4.40. The van der Waals surface area contributed by atoms with Gasteiger partial charge in [-0.15, -0.1) is 0 Å². The standard InChI is InChI=1S/C24H31N3O4S/c1-18(2)25-23(28)22(17-19-9-5-3-6-10-19)26-32(30,31)21-13-15-27(16-14-21)24(29)20-11-7-4-8-12-20/h3-12,18,21-22,26H,13-17H2,1-2H3,(H,25,28)/t22-/m0/s1. The Morgan fingerprint density at radius 1 is 0.969 bits per heavy atom. The Morgan fingerprint density at radius 2 is 1.53 bits per heavy atom. The van der Waals surface area contributed by atoms with E-state index in [1.165, 1.54) is 0 Å². The number of rotatable bonds is 8. The molecule has 1 saturated heterocycles. The quantitative estimate of drug-likeness (QED) is 0.636. The number of piperidine rings is 1. The normalized spacial score (nSPS) is 16.0. The fourth-order valence-corrected chi connectivity index (χ4v) is 5.46. The van der Waals surface area contributed by atoms with Crippen molar-refractivity contribution in [2.45, 2.75) is 50.4 Å². The summed E-state index contributed by atoms with van der Waals surface area (Å²) in [5, 5.41) is 2.16. The number of hydrogen-bond donors (Lipinski definition) is 2. The Hall–Kier alpha value is -2.71. The molecule has 0 aromatic heterocycles. The molecule has 172 valence electrons. The van der Waals surface area contributed by atoms with Crippen molar-refractivity contribution in [2.75, 3.05) is 13.1 Å². The van der Waals surface area contributed by atoms with E-state index in [1.807, 2.05) is 62.4 Å². The molecule has 0 bridgehead atoms. The van der Waals surface area contributed by atoms with Crippen LogP contribution in [0.1, 0.15) is 42.6 Å². The van der Waals surface area contributed by atoms with Gasteiger partial charge in [0, 0.05) is 24.7 Å². The maximum atomic E-state index is 13.1. The van der Waals surface area contributed by atoms with Gasteiger partial charge in [-0.25, -0.2) is 13.1 Å². The van der Waals surface area contributed by atoms with Crippen molar-refractivity contribution in [2.24, 2.45) is 0 Å². The molecule has 1 heterocycles. The van der Waals surface area contributed by atoms with E-state index in [-0.39, 0.29) is 24.3 Å². The highest BCUT2D eigenvalue weighted by Gasteiger charge is 2.35. The molecule has 2 N–H and O–H groups in total. The fraction of sp³-hybridized carbons (Fsp3) is 0.417. The van der Waals surface area contributed by atoms with Crippen LogP contribution in [-0.4, -0.2) is 55.6 Å². The first-order valence-electron chi connectivity index (χ1n) is 11.0. The van der Waals surface area contributed by atoms with Crippen LogP contribution in [0.2, 0.25) is 0 Å². The van der Waals surface area contributed by atoms with Crippen molar-refractivity contribution in [1.82, 2.24) is 14.9 Å². The Kier molecular flexibility index (Phi) is 8.04. The summed E-state index contributed by atoms with van der Waals surface area (Å²) in [5.74, 6) is -0.434. The lowest BCUT2D eigenvalue weighted by atomic mass is 10.1. The van der Waals surface area contributed by atoms with Crippen molar-refractivity contribution in [3.8, 4) is 0 Å². The Morgan fingerprint density at radius 3 is 2.09 bits per heavy atom. The minimum absolute atomic E-state index is 0.0901. The molecule has 0 radical (unpaired) electrons. The Balaban J connectivity index is 1.66. The number of carbonyl (C=O) groups excluding carboxylic acids is 2. The van der Waals surface area contributed by atoms with Crippen LogP contribution in [0.4, 0.5) is 0 Å². The van der Waals surface area contributed by atoms with Gasteiger partial charge in [-0.05, 0) is 50.8 Å². The molecule has 1 atom stereocenters. The minimum Gasteiger partial charge on any atom is -0.353 e. The number of likely N-dealkylation sites (tertiary alicyclic amines) is 1. The summed E-state index contributed by atoms with van der Waals surface area (Å²) in [5.41, 5.74) is 1.47. The average Bonchev–Trinajstić information content (AvgIpc) is 2.79. The van der Waals surface area contributed by atoms with Crippen molar-refractivity contribution in [3.63, 3.8) is 0 Å². The van der Waals surface area contributed by atoms with Gasteiger partial charge in [-0.3, -0.25) is 9.59 Å². The van der Waals surface area contributed by atoms with E-state index in [4.69, 9.17) is 0 Å². The molecular weight excluding hydrogens is 426 g/mol. The SMILES string of the molecule is CC(C)NC(=O)[C@H](Cc1ccccc1)NS(=O)(=O)C1CCN(C(=O)c2ccccc2)CC1. The van der Waals surface area contributed by atoms with Gasteiger partial charge in [0.05, 0.1) is 5.25 Å². The van der Waals surface area contributed by atoms with Crippen LogP contribution in [0.5, 0.6) is 0 Å². The maximum Gasteiger partial charge on any atom is 0.253 e. The molecule has 1 fully saturated rings. The largest absolute Gasteiger partial charge is 0.353 e. The third kappa shape index (κ3) is 6.40. The van der Waals surface area contributed by atoms with Crippen molar-refractivity contribution in [1.29, 1.82) is 0 Å². The summed E-state index contributed by atoms with van der Waals surface area (Å²) in [6.07, 6.45) is 0.930. The van der Waals surface area contributed by atoms with E-state index in [9.17, 15) is 18.0 Å². The van der Waals surface area contributed by atoms with Gasteiger partial charge in [0.15, 0.2) is 0 Å². The van der Waals surface area contributed by atoms with Crippen LogP contribution in [0.25, 0.3) is 0 Å². The predicted octanol–water partition coefficient (Wildman–Crippen LogP) is 2.35. The van der Waals surface area contributed by atoms with Crippen LogP contribution in [-0.2, 0) is 21.2 Å². The molecule has 1 aliphatic rings. The molecule has 0 aliphatic carbocycles. The number of sulfonamides is 1. The number of benzene rings is 2. The van der Waals surface area contributed by atoms with E-state index < -0.39 is 21.3 Å². The number of carbonyl (C=O) groups is 2. The lowest BCUT2D eigenvalue weighted by Crippen LogP contribution is -2.53. The van der Waals surface area contributed by atoms with Crippen molar-refractivity contribution < 1.29 is 18.0 Å². The summed E-state index contributed by atoms with van der Waals surface area (Å²) in [7, 11) is -3.75. The molecule has 8 heteroatoms. The van der Waals surface area contributed by atoms with Crippen LogP contribution < -0.4 is 10.0 Å². The second kappa shape index (κ2) is 10.7. The lowest BCUT2D eigenvalue weighted by Gasteiger charge is -2.32. The number of nitrogens with zero attached hydrogens (tertiary/aromatic N) is 1. The molecule has 32 heavy (non-hydrogen) atoms. The van der Waals surface area contributed by atoms with E-state index >= 15 is 0 Å². The lowest BCUT2D eigenvalue weighted by molar-refractivity contribution is -0.123. The van der Waals surface area contributed by atoms with E-state index in [0.717, 1.165) is 5.56 Å². The number of nitrogens with one attached hydrogen (secondary N) is 2. The van der Waals surface area contributed by atoms with Gasteiger partial charge >= 0.3 is 0 Å². The van der Waals surface area contributed by atoms with Crippen molar-refractivity contribution >= 4 is 21.8 Å². The number of hydrogen-bond acceptors (Lipinski definition) is 4. The molecule has 3 rings (SSSR count). The van der Waals surface area contributed by atoms with E-state index in [0.29, 0.717) is 31.5 Å². The zero-order valence-corrected chi connectivity index (χ0v) is 19.3. The summed E-state index contributed by atoms with van der Waals surface area (Å²) < 4.78 is 28.9. The second-order valence-electron chi connectivity index (χ2n) is 8.43. The Bertz CT molecular complexity index is 1000. The summed E-state index contributed by atoms with van der Waals surface area (Å²) >= 11 is 0. The zero-order valence-electron chi connectivity index (χ0n) is 18.5. The van der Waals surface area contributed by atoms with E-state index in [1.54, 1.807) is 17.0 Å². The molecule has 0 unspecified atom stereocenters. The minimum atomic E-state index is -3.75. The molecule has 2 aromatic carbocycles. The van der Waals surface area contributed by atoms with Gasteiger partial charge in [0.1, 0.15) is 6.04 Å². The van der Waals surface area contributed by atoms with E-state index in [2.05, 4.69) is 10.0 Å². The molecule has 0 saturated carbocycles. The van der Waals surface area contributed by atoms with Crippen LogP contribution in [0.15, 0.2) is 60.7 Å². The first-order valence-corrected chi connectivity index (χ1v) is 12.5. The summed E-state index contributed by atoms with van der Waals surface area (Å²) in [4.78, 5) is 27.1. The van der Waals surface area contributed by atoms with Gasteiger partial charge < -0.3 is 10.2 Å². The molecule has 0 spiro atoms. The Labute approximate surface area is 190 Å². The third-order valence-electron chi connectivity index (χ3n) is 5.53. The van der Waals surface area contributed by atoms with Crippen LogP contribution in [0, 0.1) is 0 Å². The molecule has 7 nitrogen and oxygen atoms in total. The van der Waals surface area contributed by atoms with Gasteiger partial charge in [0.25, 0.3) is 5.91 Å². The first-order chi connectivity index (χ1) is 15.3. The van der Waals surface area contributed by atoms with Gasteiger partial charge in [-0.1, -0.05) is 48.5 Å². The molecular formula is C24H31N3O4S. The van der Waals surface area contributed by atoms with Crippen LogP contribution in [0.3, 0.4) is 0 Å². The summed E-state index contributed by atoms with van der Waals surface area (Å²) in [6, 6.07) is 17.3. The molecule has 2 aromatic rings. The molecule has 1 aliphatic heterocycles. The zero-order chi connectivity index (χ0) is 23.1. The highest BCUT2D eigenvalue weighted by Crippen LogP contribution is 2.20. The first kappa shape index (κ1) is 23.9. The number of amides is 2. The highest BCUT2D eigenvalue weighted by molar-refractivity contribution is 7.90. The third-order valence-corrected chi connectivity index (χ3v) is 7.49. The van der Waals surface area contributed by atoms with Gasteiger partial charge in [0.2, 0.25) is 15.9 Å². The van der Waals surface area contributed by atoms with Crippen LogP contribution >= 0.6 is 0 Å². The average molecular weight is 458 g/mol. The monoisotopic (exact) mass is 457 g/mol. The highest BCUT2D eigenvalue weighted by atomic mass is 32.2. The van der Waals surface area contributed by atoms with Gasteiger partial charge in [-0.2, -0.15) is 0 Å². The smallest absolute Gasteiger partial charge is 0.253 e. The fourth-order valence-electron chi connectivity index (χ4n) is 3.85. The second-order valence-corrected chi connectivity index (χ2v) is 10.4. The maximum absolute atomic E-state index is 13.1. The topological polar surface area (TPSA) is 95.6 Å². The molecule has 2 amide bonds.